The van der Waals surface area contributed by atoms with Gasteiger partial charge in [0.15, 0.2) is 0 Å². The van der Waals surface area contributed by atoms with Gasteiger partial charge in [-0.1, -0.05) is 11.6 Å². The molecule has 2 aromatic heterocycles. The third-order valence-electron chi connectivity index (χ3n) is 5.98. The maximum Gasteiger partial charge on any atom is 0.225 e. The minimum Gasteiger partial charge on any atom is -0.478 e. The summed E-state index contributed by atoms with van der Waals surface area (Å²) in [6.07, 6.45) is 6.39. The maximum atomic E-state index is 8.99. The molecule has 152 valence electrons. The van der Waals surface area contributed by atoms with E-state index in [9.17, 15) is 0 Å². The van der Waals surface area contributed by atoms with Gasteiger partial charge in [0.1, 0.15) is 17.6 Å². The summed E-state index contributed by atoms with van der Waals surface area (Å²) in [5.41, 5.74) is 1.19. The predicted molar refractivity (Wildman–Crippen MR) is 110 cm³/mol. The Bertz CT molecular complexity index is 922. The average molecular weight is 413 g/mol. The Hall–Kier alpha value is -2.46. The number of nitriles is 1. The van der Waals surface area contributed by atoms with Gasteiger partial charge in [0.05, 0.1) is 23.5 Å². The fourth-order valence-electron chi connectivity index (χ4n) is 4.29. The molecule has 1 aliphatic carbocycles. The van der Waals surface area contributed by atoms with E-state index < -0.39 is 0 Å². The molecule has 0 N–H and O–H groups in total. The number of anilines is 1. The molecule has 2 fully saturated rings. The van der Waals surface area contributed by atoms with Gasteiger partial charge in [0.2, 0.25) is 11.8 Å². The molecule has 29 heavy (non-hydrogen) atoms. The van der Waals surface area contributed by atoms with Crippen LogP contribution in [0.25, 0.3) is 0 Å². The summed E-state index contributed by atoms with van der Waals surface area (Å²) in [5.74, 6) is 4.17. The predicted octanol–water partition coefficient (Wildman–Crippen LogP) is 3.73. The number of piperidine rings is 1. The van der Waals surface area contributed by atoms with Crippen LogP contribution in [0.2, 0.25) is 5.02 Å². The molecule has 0 bridgehead atoms. The number of rotatable bonds is 6. The first-order valence-electron chi connectivity index (χ1n) is 10.2. The Morgan fingerprint density at radius 1 is 1.24 bits per heavy atom. The van der Waals surface area contributed by atoms with Crippen molar-refractivity contribution in [3.63, 3.8) is 0 Å². The lowest BCUT2D eigenvalue weighted by molar-refractivity contribution is 0.275. The monoisotopic (exact) mass is 412 g/mol. The molecule has 7 nitrogen and oxygen atoms in total. The summed E-state index contributed by atoms with van der Waals surface area (Å²) >= 11 is 6.04. The summed E-state index contributed by atoms with van der Waals surface area (Å²) in [6.45, 7) is 6.33. The first kappa shape index (κ1) is 19.8. The molecule has 1 saturated heterocycles. The zero-order valence-corrected chi connectivity index (χ0v) is 17.6. The van der Waals surface area contributed by atoms with Crippen LogP contribution < -0.4 is 9.64 Å². The third-order valence-corrected chi connectivity index (χ3v) is 6.35. The van der Waals surface area contributed by atoms with E-state index in [1.165, 1.54) is 19.3 Å². The topological polar surface area (TPSA) is 87.8 Å². The van der Waals surface area contributed by atoms with Crippen LogP contribution in [0.15, 0.2) is 12.3 Å². The Morgan fingerprint density at radius 2 is 2.03 bits per heavy atom. The van der Waals surface area contributed by atoms with Gasteiger partial charge in [-0.15, -0.1) is 0 Å². The molecule has 0 aromatic carbocycles. The molecule has 0 radical (unpaired) electrons. The van der Waals surface area contributed by atoms with Crippen LogP contribution in [0.3, 0.4) is 0 Å². The minimum atomic E-state index is 0.350. The van der Waals surface area contributed by atoms with Crippen molar-refractivity contribution in [3.05, 3.63) is 34.5 Å². The molecule has 2 aliphatic rings. The van der Waals surface area contributed by atoms with Gasteiger partial charge in [-0.25, -0.2) is 15.0 Å². The molecule has 3 heterocycles. The SMILES string of the molecule is Cc1nc(C#N)cc(OCCC2CC2C2CCN(c3ncc(Cl)c(C)n3)CC2)n1. The lowest BCUT2D eigenvalue weighted by Gasteiger charge is -2.32. The second-order valence-corrected chi connectivity index (χ2v) is 8.38. The number of hydrogen-bond acceptors (Lipinski definition) is 7. The molecular weight excluding hydrogens is 388 g/mol. The van der Waals surface area contributed by atoms with Gasteiger partial charge in [-0.2, -0.15) is 10.2 Å². The average Bonchev–Trinajstić information content (AvgIpc) is 3.49. The van der Waals surface area contributed by atoms with E-state index in [1.54, 1.807) is 19.2 Å². The standard InChI is InChI=1S/C21H25ClN6O/c1-13-19(22)12-24-21(25-13)28-6-3-15(4-7-28)18-9-16(18)5-8-29-20-10-17(11-23)26-14(2)27-20/h10,12,15-16,18H,3-9H2,1-2H3. The summed E-state index contributed by atoms with van der Waals surface area (Å²) in [6, 6.07) is 3.65. The van der Waals surface area contributed by atoms with Crippen LogP contribution in [-0.4, -0.2) is 39.6 Å². The van der Waals surface area contributed by atoms with Gasteiger partial charge in [-0.3, -0.25) is 0 Å². The molecule has 2 aromatic rings. The van der Waals surface area contributed by atoms with E-state index in [0.717, 1.165) is 48.9 Å². The van der Waals surface area contributed by atoms with Crippen LogP contribution in [-0.2, 0) is 0 Å². The normalized spacial score (nSPS) is 21.7. The van der Waals surface area contributed by atoms with E-state index in [-0.39, 0.29) is 0 Å². The van der Waals surface area contributed by atoms with E-state index in [0.29, 0.717) is 29.0 Å². The summed E-state index contributed by atoms with van der Waals surface area (Å²) < 4.78 is 5.77. The zero-order valence-electron chi connectivity index (χ0n) is 16.8. The lowest BCUT2D eigenvalue weighted by atomic mass is 9.90. The van der Waals surface area contributed by atoms with E-state index in [4.69, 9.17) is 21.6 Å². The highest BCUT2D eigenvalue weighted by atomic mass is 35.5. The molecule has 8 heteroatoms. The zero-order chi connectivity index (χ0) is 20.4. The van der Waals surface area contributed by atoms with E-state index in [2.05, 4.69) is 24.8 Å². The van der Waals surface area contributed by atoms with Crippen molar-refractivity contribution in [3.8, 4) is 11.9 Å². The number of halogens is 1. The first-order chi connectivity index (χ1) is 14.0. The highest BCUT2D eigenvalue weighted by Gasteiger charge is 2.43. The number of nitrogens with zero attached hydrogens (tertiary/aromatic N) is 6. The quantitative estimate of drug-likeness (QED) is 0.714. The molecule has 0 spiro atoms. The maximum absolute atomic E-state index is 8.99. The van der Waals surface area contributed by atoms with Gasteiger partial charge in [0.25, 0.3) is 0 Å². The van der Waals surface area contributed by atoms with Crippen LogP contribution in [0, 0.1) is 42.9 Å². The number of aromatic nitrogens is 4. The molecule has 2 atom stereocenters. The Labute approximate surface area is 176 Å². The van der Waals surface area contributed by atoms with Gasteiger partial charge >= 0.3 is 0 Å². The van der Waals surface area contributed by atoms with Crippen molar-refractivity contribution < 1.29 is 4.74 Å². The largest absolute Gasteiger partial charge is 0.478 e. The van der Waals surface area contributed by atoms with E-state index in [1.807, 2.05) is 13.0 Å². The molecule has 0 amide bonds. The van der Waals surface area contributed by atoms with Gasteiger partial charge in [0, 0.05) is 19.2 Å². The molecule has 1 aliphatic heterocycles. The van der Waals surface area contributed by atoms with Crippen molar-refractivity contribution in [1.29, 1.82) is 5.26 Å². The summed E-state index contributed by atoms with van der Waals surface area (Å²) in [7, 11) is 0. The second kappa shape index (κ2) is 8.50. The van der Waals surface area contributed by atoms with Crippen molar-refractivity contribution in [2.45, 2.75) is 39.5 Å². The van der Waals surface area contributed by atoms with Crippen molar-refractivity contribution in [2.24, 2.45) is 17.8 Å². The first-order valence-corrected chi connectivity index (χ1v) is 10.5. The third kappa shape index (κ3) is 4.76. The van der Waals surface area contributed by atoms with Crippen molar-refractivity contribution >= 4 is 17.5 Å². The van der Waals surface area contributed by atoms with Crippen LogP contribution in [0.4, 0.5) is 5.95 Å². The van der Waals surface area contributed by atoms with Crippen molar-refractivity contribution in [1.82, 2.24) is 19.9 Å². The van der Waals surface area contributed by atoms with E-state index >= 15 is 0 Å². The smallest absolute Gasteiger partial charge is 0.225 e. The fraction of sp³-hybridized carbons (Fsp3) is 0.571. The van der Waals surface area contributed by atoms with Crippen LogP contribution in [0.5, 0.6) is 5.88 Å². The molecule has 4 rings (SSSR count). The highest BCUT2D eigenvalue weighted by Crippen LogP contribution is 2.49. The fourth-order valence-corrected chi connectivity index (χ4v) is 4.38. The van der Waals surface area contributed by atoms with Crippen molar-refractivity contribution in [2.75, 3.05) is 24.6 Å². The molecule has 2 unspecified atom stereocenters. The Morgan fingerprint density at radius 3 is 2.76 bits per heavy atom. The number of aryl methyl sites for hydroxylation is 2. The minimum absolute atomic E-state index is 0.350. The summed E-state index contributed by atoms with van der Waals surface area (Å²) in [5, 5.41) is 9.61. The number of ether oxygens (including phenoxy) is 1. The van der Waals surface area contributed by atoms with Gasteiger partial charge in [-0.05, 0) is 57.3 Å². The molecular formula is C21H25ClN6O. The van der Waals surface area contributed by atoms with Crippen LogP contribution in [0.1, 0.15) is 42.9 Å². The Balaban J connectivity index is 1.21. The van der Waals surface area contributed by atoms with Crippen LogP contribution >= 0.6 is 11.6 Å². The van der Waals surface area contributed by atoms with Gasteiger partial charge < -0.3 is 9.64 Å². The Kier molecular flexibility index (Phi) is 5.81. The lowest BCUT2D eigenvalue weighted by Crippen LogP contribution is -2.35. The second-order valence-electron chi connectivity index (χ2n) is 7.98. The summed E-state index contributed by atoms with van der Waals surface area (Å²) in [4.78, 5) is 19.5. The molecule has 1 saturated carbocycles. The highest BCUT2D eigenvalue weighted by molar-refractivity contribution is 6.31. The number of hydrogen-bond donors (Lipinski definition) is 0.